The minimum Gasteiger partial charge on any atom is -0.486 e. The second-order valence-electron chi connectivity index (χ2n) is 3.91. The van der Waals surface area contributed by atoms with Crippen molar-refractivity contribution >= 4 is 27.3 Å². The molecule has 0 saturated carbocycles. The molecule has 0 amide bonds. The number of hydrogen-bond donors (Lipinski definition) is 0. The van der Waals surface area contributed by atoms with Crippen LogP contribution in [0.1, 0.15) is 21.7 Å². The predicted octanol–water partition coefficient (Wildman–Crippen LogP) is 4.23. The lowest BCUT2D eigenvalue weighted by Gasteiger charge is -2.12. The molecule has 0 aliphatic carbocycles. The molecule has 0 fully saturated rings. The molecular formula is C13H14BrNOS. The highest BCUT2D eigenvalue weighted by Gasteiger charge is 2.07. The summed E-state index contributed by atoms with van der Waals surface area (Å²) in [6.45, 7) is 4.71. The lowest BCUT2D eigenvalue weighted by molar-refractivity contribution is 0.301. The first-order valence-corrected chi connectivity index (χ1v) is 7.38. The van der Waals surface area contributed by atoms with Crippen LogP contribution < -0.4 is 4.74 Å². The van der Waals surface area contributed by atoms with Crippen molar-refractivity contribution in [3.8, 4) is 5.75 Å². The molecule has 2 aromatic rings. The number of ether oxygens (including phenoxy) is 1. The fourth-order valence-electron chi connectivity index (χ4n) is 1.80. The van der Waals surface area contributed by atoms with Gasteiger partial charge in [0.25, 0.3) is 0 Å². The number of halogens is 1. The highest BCUT2D eigenvalue weighted by Crippen LogP contribution is 2.26. The summed E-state index contributed by atoms with van der Waals surface area (Å²) < 4.78 is 5.84. The minimum absolute atomic E-state index is 0.549. The van der Waals surface area contributed by atoms with Crippen molar-refractivity contribution in [2.24, 2.45) is 0 Å². The predicted molar refractivity (Wildman–Crippen MR) is 75.0 cm³/mol. The summed E-state index contributed by atoms with van der Waals surface area (Å²) in [5.74, 6) is 0.977. The average molecular weight is 312 g/mol. The van der Waals surface area contributed by atoms with E-state index >= 15 is 0 Å². The van der Waals surface area contributed by atoms with Gasteiger partial charge in [-0.05, 0) is 30.5 Å². The Balaban J connectivity index is 2.15. The zero-order chi connectivity index (χ0) is 12.3. The van der Waals surface area contributed by atoms with Crippen molar-refractivity contribution in [2.45, 2.75) is 25.8 Å². The summed E-state index contributed by atoms with van der Waals surface area (Å²) >= 11 is 5.09. The van der Waals surface area contributed by atoms with Gasteiger partial charge in [0.05, 0.1) is 0 Å². The third kappa shape index (κ3) is 3.07. The van der Waals surface area contributed by atoms with Crippen molar-refractivity contribution in [3.63, 3.8) is 0 Å². The molecule has 2 rings (SSSR count). The van der Waals surface area contributed by atoms with Crippen LogP contribution in [0, 0.1) is 13.8 Å². The lowest BCUT2D eigenvalue weighted by atomic mass is 10.1. The van der Waals surface area contributed by atoms with Gasteiger partial charge in [-0.15, -0.1) is 11.3 Å². The smallest absolute Gasteiger partial charge is 0.140 e. The van der Waals surface area contributed by atoms with Crippen LogP contribution in [0.4, 0.5) is 0 Å². The third-order valence-corrected chi connectivity index (χ3v) is 3.90. The van der Waals surface area contributed by atoms with E-state index in [1.54, 1.807) is 17.5 Å². The topological polar surface area (TPSA) is 22.1 Å². The first-order chi connectivity index (χ1) is 8.20. The summed E-state index contributed by atoms with van der Waals surface area (Å²) in [6, 6.07) is 4.30. The Morgan fingerprint density at radius 3 is 2.53 bits per heavy atom. The number of alkyl halides is 1. The zero-order valence-corrected chi connectivity index (χ0v) is 12.3. The molecule has 4 heteroatoms. The van der Waals surface area contributed by atoms with Gasteiger partial charge in [-0.1, -0.05) is 28.1 Å². The zero-order valence-electron chi connectivity index (χ0n) is 9.87. The van der Waals surface area contributed by atoms with Crippen LogP contribution in [0.15, 0.2) is 23.7 Å². The molecule has 0 aliphatic heterocycles. The van der Waals surface area contributed by atoms with Crippen molar-refractivity contribution < 1.29 is 4.74 Å². The number of rotatable bonds is 4. The summed E-state index contributed by atoms with van der Waals surface area (Å²) in [5, 5.41) is 3.85. The molecule has 0 saturated heterocycles. The molecule has 0 bridgehead atoms. The Morgan fingerprint density at radius 2 is 2.00 bits per heavy atom. The third-order valence-electron chi connectivity index (χ3n) is 2.50. The van der Waals surface area contributed by atoms with E-state index in [9.17, 15) is 0 Å². The molecule has 2 nitrogen and oxygen atoms in total. The van der Waals surface area contributed by atoms with E-state index in [2.05, 4.69) is 46.9 Å². The van der Waals surface area contributed by atoms with Gasteiger partial charge >= 0.3 is 0 Å². The highest BCUT2D eigenvalue weighted by molar-refractivity contribution is 9.08. The molecule has 0 unspecified atom stereocenters. The molecule has 0 aliphatic rings. The van der Waals surface area contributed by atoms with Gasteiger partial charge in [-0.3, -0.25) is 0 Å². The first-order valence-electron chi connectivity index (χ1n) is 5.38. The van der Waals surface area contributed by atoms with Gasteiger partial charge in [0, 0.05) is 16.9 Å². The maximum Gasteiger partial charge on any atom is 0.140 e. The van der Waals surface area contributed by atoms with Crippen molar-refractivity contribution in [2.75, 3.05) is 0 Å². The largest absolute Gasteiger partial charge is 0.486 e. The maximum atomic E-state index is 5.84. The number of benzene rings is 1. The van der Waals surface area contributed by atoms with E-state index in [0.717, 1.165) is 16.1 Å². The summed E-state index contributed by atoms with van der Waals surface area (Å²) in [6.07, 6.45) is 1.80. The van der Waals surface area contributed by atoms with Gasteiger partial charge in [0.1, 0.15) is 17.4 Å². The van der Waals surface area contributed by atoms with Crippen molar-refractivity contribution in [1.82, 2.24) is 4.98 Å². The number of nitrogens with zero attached hydrogens (tertiary/aromatic N) is 1. The molecule has 1 aromatic heterocycles. The van der Waals surface area contributed by atoms with Gasteiger partial charge in [-0.2, -0.15) is 0 Å². The Kier molecular flexibility index (Phi) is 4.18. The van der Waals surface area contributed by atoms with Crippen LogP contribution in [0.2, 0.25) is 0 Å². The standard InChI is InChI=1S/C13H14BrNOS/c1-9-5-11(7-14)6-10(2)13(9)16-8-12-15-3-4-17-12/h3-6H,7-8H2,1-2H3. The van der Waals surface area contributed by atoms with E-state index in [1.165, 1.54) is 16.7 Å². The van der Waals surface area contributed by atoms with Crippen molar-refractivity contribution in [1.29, 1.82) is 0 Å². The van der Waals surface area contributed by atoms with Crippen LogP contribution in [-0.2, 0) is 11.9 Å². The summed E-state index contributed by atoms with van der Waals surface area (Å²) in [7, 11) is 0. The quantitative estimate of drug-likeness (QED) is 0.788. The number of hydrogen-bond acceptors (Lipinski definition) is 3. The normalized spacial score (nSPS) is 10.5. The second-order valence-corrected chi connectivity index (χ2v) is 5.45. The number of aryl methyl sites for hydroxylation is 2. The summed E-state index contributed by atoms with van der Waals surface area (Å²) in [4.78, 5) is 4.21. The number of aromatic nitrogens is 1. The van der Waals surface area contributed by atoms with Crippen LogP contribution in [0.3, 0.4) is 0 Å². The molecule has 0 spiro atoms. The molecule has 0 N–H and O–H groups in total. The molecule has 1 aromatic carbocycles. The Hall–Kier alpha value is -0.870. The monoisotopic (exact) mass is 311 g/mol. The first kappa shape index (κ1) is 12.6. The fraction of sp³-hybridized carbons (Fsp3) is 0.308. The van der Waals surface area contributed by atoms with Crippen LogP contribution in [0.5, 0.6) is 5.75 Å². The van der Waals surface area contributed by atoms with Gasteiger partial charge < -0.3 is 4.74 Å². The van der Waals surface area contributed by atoms with Crippen LogP contribution in [0.25, 0.3) is 0 Å². The molecular weight excluding hydrogens is 298 g/mol. The molecule has 1 heterocycles. The minimum atomic E-state index is 0.549. The van der Waals surface area contributed by atoms with Crippen LogP contribution in [-0.4, -0.2) is 4.98 Å². The number of thiazole rings is 1. The highest BCUT2D eigenvalue weighted by atomic mass is 79.9. The van der Waals surface area contributed by atoms with Crippen molar-refractivity contribution in [3.05, 3.63) is 45.4 Å². The SMILES string of the molecule is Cc1cc(CBr)cc(C)c1OCc1nccs1. The van der Waals surface area contributed by atoms with E-state index in [0.29, 0.717) is 6.61 Å². The molecule has 90 valence electrons. The van der Waals surface area contributed by atoms with Crippen LogP contribution >= 0.6 is 27.3 Å². The average Bonchev–Trinajstić information content (AvgIpc) is 2.80. The Bertz CT molecular complexity index is 473. The molecule has 0 atom stereocenters. The fourth-order valence-corrected chi connectivity index (χ4v) is 2.65. The van der Waals surface area contributed by atoms with Gasteiger partial charge in [0.2, 0.25) is 0 Å². The summed E-state index contributed by atoms with van der Waals surface area (Å²) in [5.41, 5.74) is 3.63. The Morgan fingerprint density at radius 1 is 1.29 bits per heavy atom. The molecule has 0 radical (unpaired) electrons. The van der Waals surface area contributed by atoms with Gasteiger partial charge in [-0.25, -0.2) is 4.98 Å². The molecule has 17 heavy (non-hydrogen) atoms. The van der Waals surface area contributed by atoms with E-state index in [-0.39, 0.29) is 0 Å². The lowest BCUT2D eigenvalue weighted by Crippen LogP contribution is -1.99. The van der Waals surface area contributed by atoms with Gasteiger partial charge in [0.15, 0.2) is 0 Å². The maximum absolute atomic E-state index is 5.84. The van der Waals surface area contributed by atoms with E-state index in [4.69, 9.17) is 4.74 Å². The second kappa shape index (κ2) is 5.65. The van der Waals surface area contributed by atoms with E-state index < -0.39 is 0 Å². The Labute approximate surface area is 114 Å². The van der Waals surface area contributed by atoms with E-state index in [1.807, 2.05) is 5.38 Å².